The first kappa shape index (κ1) is 25.0. The molecule has 0 radical (unpaired) electrons. The minimum Gasteiger partial charge on any atom is -0.469 e. The van der Waals surface area contributed by atoms with Crippen molar-refractivity contribution in [3.63, 3.8) is 0 Å². The Morgan fingerprint density at radius 1 is 1.16 bits per heavy atom. The summed E-state index contributed by atoms with van der Waals surface area (Å²) >= 11 is 1.53. The van der Waals surface area contributed by atoms with E-state index in [0.29, 0.717) is 19.3 Å². The number of nitrogens with zero attached hydrogens (tertiary/aromatic N) is 1. The summed E-state index contributed by atoms with van der Waals surface area (Å²) in [7, 11) is -2.47. The lowest BCUT2D eigenvalue weighted by Crippen LogP contribution is -2.28. The van der Waals surface area contributed by atoms with Gasteiger partial charge in [0.2, 0.25) is 10.0 Å². The maximum atomic E-state index is 12.9. The van der Waals surface area contributed by atoms with Crippen molar-refractivity contribution in [1.29, 1.82) is 0 Å². The molecule has 1 aromatic carbocycles. The number of hydrogen-bond acceptors (Lipinski definition) is 7. The largest absolute Gasteiger partial charge is 0.469 e. The third kappa shape index (κ3) is 7.71. The second-order valence-electron chi connectivity index (χ2n) is 7.15. The Morgan fingerprint density at radius 2 is 1.87 bits per heavy atom. The molecule has 1 N–H and O–H groups in total. The molecule has 0 saturated heterocycles. The molecule has 0 spiro atoms. The van der Waals surface area contributed by atoms with E-state index in [1.165, 1.54) is 42.7 Å². The van der Waals surface area contributed by atoms with Gasteiger partial charge in [0.1, 0.15) is 0 Å². The first-order valence-corrected chi connectivity index (χ1v) is 12.5. The van der Waals surface area contributed by atoms with Gasteiger partial charge in [0.05, 0.1) is 23.0 Å². The minimum atomic E-state index is -3.84. The van der Waals surface area contributed by atoms with E-state index in [4.69, 9.17) is 0 Å². The molecule has 2 aromatic rings. The van der Waals surface area contributed by atoms with Gasteiger partial charge in [0, 0.05) is 28.3 Å². The molecule has 1 heterocycles. The highest BCUT2D eigenvalue weighted by atomic mass is 32.2. The molecule has 1 unspecified atom stereocenters. The van der Waals surface area contributed by atoms with Crippen LogP contribution in [0.5, 0.6) is 0 Å². The van der Waals surface area contributed by atoms with Crippen molar-refractivity contribution in [3.05, 3.63) is 56.3 Å². The molecule has 10 heteroatoms. The third-order valence-corrected chi connectivity index (χ3v) is 7.56. The monoisotopic (exact) mass is 468 g/mol. The molecule has 8 nitrogen and oxygen atoms in total. The van der Waals surface area contributed by atoms with Crippen LogP contribution in [-0.4, -0.2) is 26.4 Å². The topological polar surface area (TPSA) is 116 Å². The summed E-state index contributed by atoms with van der Waals surface area (Å²) in [5, 5.41) is 10.8. The van der Waals surface area contributed by atoms with Crippen LogP contribution in [0.15, 0.2) is 41.3 Å². The lowest BCUT2D eigenvalue weighted by molar-refractivity contribution is -0.384. The van der Waals surface area contributed by atoms with Crippen LogP contribution in [0.3, 0.4) is 0 Å². The number of aryl methyl sites for hydroxylation is 1. The first-order chi connectivity index (χ1) is 14.8. The summed E-state index contributed by atoms with van der Waals surface area (Å²) in [6.45, 7) is 2.08. The van der Waals surface area contributed by atoms with E-state index in [0.717, 1.165) is 35.4 Å². The zero-order valence-electron chi connectivity index (χ0n) is 17.7. The molecule has 0 fully saturated rings. The highest BCUT2D eigenvalue weighted by Crippen LogP contribution is 2.30. The summed E-state index contributed by atoms with van der Waals surface area (Å²) in [4.78, 5) is 23.5. The Kier molecular flexibility index (Phi) is 9.60. The molecule has 0 saturated carbocycles. The summed E-state index contributed by atoms with van der Waals surface area (Å²) in [6.07, 6.45) is 5.27. The molecule has 1 atom stereocenters. The van der Waals surface area contributed by atoms with Crippen molar-refractivity contribution in [2.75, 3.05) is 7.11 Å². The van der Waals surface area contributed by atoms with Gasteiger partial charge in [-0.15, -0.1) is 11.3 Å². The van der Waals surface area contributed by atoms with Crippen molar-refractivity contribution in [1.82, 2.24) is 4.72 Å². The number of unbranched alkanes of at least 4 members (excludes halogenated alkanes) is 2. The minimum absolute atomic E-state index is 0.00607. The number of carbonyl (C=O) groups excluding carboxylic acids is 1. The van der Waals surface area contributed by atoms with E-state index >= 15 is 0 Å². The second-order valence-corrected chi connectivity index (χ2v) is 10.1. The Labute approximate surface area is 186 Å². The van der Waals surface area contributed by atoms with Crippen LogP contribution in [0.1, 0.15) is 61.2 Å². The first-order valence-electron chi connectivity index (χ1n) is 10.2. The van der Waals surface area contributed by atoms with Crippen molar-refractivity contribution in [2.45, 2.75) is 62.8 Å². The smallest absolute Gasteiger partial charge is 0.305 e. The van der Waals surface area contributed by atoms with Crippen LogP contribution in [-0.2, 0) is 26.0 Å². The number of esters is 1. The second kappa shape index (κ2) is 11.9. The van der Waals surface area contributed by atoms with E-state index in [-0.39, 0.29) is 22.6 Å². The summed E-state index contributed by atoms with van der Waals surface area (Å²) in [5.74, 6) is -0.245. The summed E-state index contributed by atoms with van der Waals surface area (Å²) in [6, 6.07) is 8.37. The maximum Gasteiger partial charge on any atom is 0.305 e. The third-order valence-electron chi connectivity index (χ3n) is 4.81. The predicted octanol–water partition coefficient (Wildman–Crippen LogP) is 4.75. The van der Waals surface area contributed by atoms with E-state index in [1.54, 1.807) is 0 Å². The maximum absolute atomic E-state index is 12.9. The van der Waals surface area contributed by atoms with E-state index in [1.807, 2.05) is 12.1 Å². The number of thiophene rings is 1. The number of methoxy groups -OCH3 is 1. The molecule has 2 rings (SSSR count). The zero-order valence-corrected chi connectivity index (χ0v) is 19.3. The van der Waals surface area contributed by atoms with Gasteiger partial charge in [-0.3, -0.25) is 14.9 Å². The fourth-order valence-corrected chi connectivity index (χ4v) is 5.55. The van der Waals surface area contributed by atoms with Gasteiger partial charge in [-0.2, -0.15) is 0 Å². The Bertz CT molecular complexity index is 970. The SMILES string of the molecule is CCCCCC(NS(=O)(=O)c1ccc([N+](=O)[O-])cc1)c1ccc(CCCC(=O)OC)s1. The van der Waals surface area contributed by atoms with Gasteiger partial charge in [0.25, 0.3) is 5.69 Å². The Morgan fingerprint density at radius 3 is 2.48 bits per heavy atom. The molecular weight excluding hydrogens is 440 g/mol. The number of nitro groups is 1. The molecule has 0 aliphatic heterocycles. The predicted molar refractivity (Wildman–Crippen MR) is 120 cm³/mol. The van der Waals surface area contributed by atoms with Crippen molar-refractivity contribution in [3.8, 4) is 0 Å². The number of nitrogens with one attached hydrogen (secondary N) is 1. The van der Waals surface area contributed by atoms with Gasteiger partial charge >= 0.3 is 5.97 Å². The molecule has 0 amide bonds. The molecule has 0 bridgehead atoms. The van der Waals surface area contributed by atoms with Gasteiger partial charge < -0.3 is 4.74 Å². The van der Waals surface area contributed by atoms with E-state index < -0.39 is 14.9 Å². The average Bonchev–Trinajstić information content (AvgIpc) is 3.22. The highest BCUT2D eigenvalue weighted by molar-refractivity contribution is 7.89. The summed E-state index contributed by atoms with van der Waals surface area (Å²) < 4.78 is 33.2. The number of hydrogen-bond donors (Lipinski definition) is 1. The molecule has 0 aliphatic carbocycles. The average molecular weight is 469 g/mol. The van der Waals surface area contributed by atoms with Gasteiger partial charge in [0.15, 0.2) is 0 Å². The fraction of sp³-hybridized carbons (Fsp3) is 0.476. The molecular formula is C21H28N2O6S2. The number of non-ortho nitro benzene ring substituents is 1. The van der Waals surface area contributed by atoms with E-state index in [2.05, 4.69) is 16.4 Å². The molecule has 170 valence electrons. The number of nitro benzene ring substituents is 1. The Hall–Kier alpha value is -2.30. The molecule has 1 aromatic heterocycles. The van der Waals surface area contributed by atoms with Crippen molar-refractivity contribution < 1.29 is 22.9 Å². The van der Waals surface area contributed by atoms with Crippen molar-refractivity contribution >= 4 is 33.0 Å². The number of carbonyl (C=O) groups is 1. The van der Waals surface area contributed by atoms with Crippen LogP contribution in [0.4, 0.5) is 5.69 Å². The number of benzene rings is 1. The fourth-order valence-electron chi connectivity index (χ4n) is 3.09. The Balaban J connectivity index is 2.14. The summed E-state index contributed by atoms with van der Waals surface area (Å²) in [5.41, 5.74) is -0.159. The quantitative estimate of drug-likeness (QED) is 0.196. The van der Waals surface area contributed by atoms with Crippen LogP contribution in [0, 0.1) is 10.1 Å². The standard InChI is InChI=1S/C21H28N2O6S2/c1-3-4-5-8-19(20-15-12-17(30-20)7-6-9-21(24)29-2)22-31(27,28)18-13-10-16(11-14-18)23(25)26/h10-15,19,22H,3-9H2,1-2H3. The van der Waals surface area contributed by atoms with Gasteiger partial charge in [-0.25, -0.2) is 13.1 Å². The highest BCUT2D eigenvalue weighted by Gasteiger charge is 2.23. The lowest BCUT2D eigenvalue weighted by atomic mass is 10.1. The van der Waals surface area contributed by atoms with Crippen molar-refractivity contribution in [2.24, 2.45) is 0 Å². The van der Waals surface area contributed by atoms with Gasteiger partial charge in [-0.1, -0.05) is 26.2 Å². The van der Waals surface area contributed by atoms with Gasteiger partial charge in [-0.05, 0) is 43.5 Å². The van der Waals surface area contributed by atoms with Crippen LogP contribution < -0.4 is 4.72 Å². The van der Waals surface area contributed by atoms with Crippen LogP contribution in [0.25, 0.3) is 0 Å². The molecule has 0 aliphatic rings. The zero-order chi connectivity index (χ0) is 22.9. The normalized spacial score (nSPS) is 12.5. The van der Waals surface area contributed by atoms with Crippen LogP contribution >= 0.6 is 11.3 Å². The lowest BCUT2D eigenvalue weighted by Gasteiger charge is -2.17. The number of ether oxygens (including phenoxy) is 1. The molecule has 31 heavy (non-hydrogen) atoms. The van der Waals surface area contributed by atoms with Crippen LogP contribution in [0.2, 0.25) is 0 Å². The number of rotatable bonds is 13. The van der Waals surface area contributed by atoms with E-state index in [9.17, 15) is 23.3 Å². The number of sulfonamides is 1.